The topological polar surface area (TPSA) is 41.4 Å². The van der Waals surface area contributed by atoms with E-state index in [1.807, 2.05) is 6.33 Å². The number of carbonyl (C=O) groups excluding carboxylic acids is 1. The molecule has 1 aliphatic carbocycles. The minimum absolute atomic E-state index is 0.176. The number of aromatic nitrogens is 2. The Morgan fingerprint density at radius 2 is 1.90 bits per heavy atom. The van der Waals surface area contributed by atoms with Gasteiger partial charge in [-0.15, -0.1) is 0 Å². The van der Waals surface area contributed by atoms with Gasteiger partial charge in [-0.05, 0) is 58.4 Å². The first-order chi connectivity index (χ1) is 14.8. The van der Waals surface area contributed by atoms with Crippen LogP contribution in [0.25, 0.3) is 0 Å². The molecule has 3 aliphatic rings. The maximum atomic E-state index is 13.8. The van der Waals surface area contributed by atoms with E-state index in [0.29, 0.717) is 11.9 Å². The third-order valence-electron chi connectivity index (χ3n) is 7.59. The van der Waals surface area contributed by atoms with Gasteiger partial charge >= 0.3 is 0 Å². The number of imidazole rings is 1. The van der Waals surface area contributed by atoms with Crippen LogP contribution in [0.3, 0.4) is 0 Å². The average Bonchev–Trinajstić information content (AvgIpc) is 3.12. The van der Waals surface area contributed by atoms with Crippen LogP contribution in [0.5, 0.6) is 0 Å². The lowest BCUT2D eigenvalue weighted by molar-refractivity contribution is -0.136. The highest BCUT2D eigenvalue weighted by atomic mass is 16.2. The lowest BCUT2D eigenvalue weighted by Gasteiger charge is -2.28. The Kier molecular flexibility index (Phi) is 5.20. The SMILES string of the molecule is Cc1cc(C)cc(CN2C[C@@H](c3cn(C(C)C)cn3)[C@@]3(CCN(CC4CC4)C3=O)C2)c1. The highest BCUT2D eigenvalue weighted by molar-refractivity contribution is 5.87. The first-order valence-electron chi connectivity index (χ1n) is 12.0. The molecular weight excluding hydrogens is 384 g/mol. The number of aryl methyl sites for hydroxylation is 2. The van der Waals surface area contributed by atoms with Gasteiger partial charge in [-0.1, -0.05) is 29.3 Å². The molecule has 2 atom stereocenters. The number of likely N-dealkylation sites (tertiary alicyclic amines) is 2. The van der Waals surface area contributed by atoms with Crippen molar-refractivity contribution in [1.82, 2.24) is 19.4 Å². The van der Waals surface area contributed by atoms with Gasteiger partial charge in [0.25, 0.3) is 0 Å². The van der Waals surface area contributed by atoms with Crippen molar-refractivity contribution in [1.29, 1.82) is 0 Å². The molecule has 1 aromatic carbocycles. The van der Waals surface area contributed by atoms with Gasteiger partial charge in [-0.25, -0.2) is 4.98 Å². The zero-order chi connectivity index (χ0) is 21.8. The van der Waals surface area contributed by atoms with Gasteiger partial charge < -0.3 is 9.47 Å². The molecule has 5 nitrogen and oxygen atoms in total. The molecule has 0 N–H and O–H groups in total. The smallest absolute Gasteiger partial charge is 0.230 e. The zero-order valence-electron chi connectivity index (χ0n) is 19.5. The Hall–Kier alpha value is -2.14. The van der Waals surface area contributed by atoms with Crippen LogP contribution in [0.2, 0.25) is 0 Å². The molecule has 0 bridgehead atoms. The lowest BCUT2D eigenvalue weighted by atomic mass is 9.75. The van der Waals surface area contributed by atoms with Crippen LogP contribution in [0.15, 0.2) is 30.7 Å². The van der Waals surface area contributed by atoms with Gasteiger partial charge in [0, 0.05) is 50.9 Å². The molecule has 31 heavy (non-hydrogen) atoms. The molecular formula is C26H36N4O. The van der Waals surface area contributed by atoms with Crippen molar-refractivity contribution >= 4 is 5.91 Å². The first kappa shape index (κ1) is 20.7. The summed E-state index contributed by atoms with van der Waals surface area (Å²) < 4.78 is 2.18. The molecule has 1 amide bonds. The Morgan fingerprint density at radius 3 is 2.55 bits per heavy atom. The van der Waals surface area contributed by atoms with Crippen LogP contribution in [-0.2, 0) is 11.3 Å². The monoisotopic (exact) mass is 420 g/mol. The summed E-state index contributed by atoms with van der Waals surface area (Å²) in [6.45, 7) is 13.2. The Morgan fingerprint density at radius 1 is 1.16 bits per heavy atom. The molecule has 1 spiro atoms. The molecule has 1 aromatic heterocycles. The maximum absolute atomic E-state index is 13.8. The lowest BCUT2D eigenvalue weighted by Crippen LogP contribution is -2.40. The predicted octanol–water partition coefficient (Wildman–Crippen LogP) is 4.31. The average molecular weight is 421 g/mol. The van der Waals surface area contributed by atoms with E-state index in [2.05, 4.69) is 66.5 Å². The van der Waals surface area contributed by atoms with Gasteiger partial charge in [0.05, 0.1) is 17.4 Å². The molecule has 5 heteroatoms. The second-order valence-corrected chi connectivity index (χ2v) is 10.7. The molecule has 166 valence electrons. The number of carbonyl (C=O) groups is 1. The van der Waals surface area contributed by atoms with Crippen LogP contribution < -0.4 is 0 Å². The van der Waals surface area contributed by atoms with E-state index in [0.717, 1.165) is 50.8 Å². The summed E-state index contributed by atoms with van der Waals surface area (Å²) in [5.74, 6) is 1.30. The molecule has 3 fully saturated rings. The number of rotatable bonds is 6. The largest absolute Gasteiger partial charge is 0.342 e. The van der Waals surface area contributed by atoms with Gasteiger partial charge in [-0.3, -0.25) is 9.69 Å². The molecule has 2 aromatic rings. The Bertz CT molecular complexity index is 955. The third kappa shape index (κ3) is 3.93. The number of nitrogens with zero attached hydrogens (tertiary/aromatic N) is 4. The van der Waals surface area contributed by atoms with E-state index in [4.69, 9.17) is 4.98 Å². The van der Waals surface area contributed by atoms with Crippen molar-refractivity contribution < 1.29 is 4.79 Å². The summed E-state index contributed by atoms with van der Waals surface area (Å²) in [6, 6.07) is 7.19. The molecule has 0 unspecified atom stereocenters. The highest BCUT2D eigenvalue weighted by Crippen LogP contribution is 2.50. The Balaban J connectivity index is 1.43. The van der Waals surface area contributed by atoms with Crippen LogP contribution in [0.4, 0.5) is 0 Å². The van der Waals surface area contributed by atoms with Crippen molar-refractivity contribution in [3.8, 4) is 0 Å². The van der Waals surface area contributed by atoms with Crippen molar-refractivity contribution in [2.45, 2.75) is 65.5 Å². The third-order valence-corrected chi connectivity index (χ3v) is 7.59. The quantitative estimate of drug-likeness (QED) is 0.699. The summed E-state index contributed by atoms with van der Waals surface area (Å²) >= 11 is 0. The normalized spacial score (nSPS) is 26.7. The van der Waals surface area contributed by atoms with E-state index in [-0.39, 0.29) is 11.3 Å². The summed E-state index contributed by atoms with van der Waals surface area (Å²) in [4.78, 5) is 23.3. The number of hydrogen-bond acceptors (Lipinski definition) is 3. The van der Waals surface area contributed by atoms with E-state index < -0.39 is 0 Å². The second-order valence-electron chi connectivity index (χ2n) is 10.7. The fourth-order valence-corrected chi connectivity index (χ4v) is 5.85. The molecule has 2 aliphatic heterocycles. The van der Waals surface area contributed by atoms with E-state index in [1.165, 1.54) is 29.5 Å². The molecule has 5 rings (SSSR count). The van der Waals surface area contributed by atoms with E-state index in [1.54, 1.807) is 0 Å². The minimum atomic E-state index is -0.316. The fraction of sp³-hybridized carbons (Fsp3) is 0.615. The number of benzene rings is 1. The summed E-state index contributed by atoms with van der Waals surface area (Å²) in [5, 5.41) is 0. The Labute approximate surface area is 186 Å². The van der Waals surface area contributed by atoms with Gasteiger partial charge in [0.1, 0.15) is 0 Å². The molecule has 2 saturated heterocycles. The molecule has 0 radical (unpaired) electrons. The molecule has 1 saturated carbocycles. The highest BCUT2D eigenvalue weighted by Gasteiger charge is 2.58. The minimum Gasteiger partial charge on any atom is -0.342 e. The van der Waals surface area contributed by atoms with Gasteiger partial charge in [0.2, 0.25) is 5.91 Å². The van der Waals surface area contributed by atoms with Crippen molar-refractivity contribution in [3.63, 3.8) is 0 Å². The van der Waals surface area contributed by atoms with Crippen LogP contribution in [0, 0.1) is 25.2 Å². The van der Waals surface area contributed by atoms with E-state index in [9.17, 15) is 4.79 Å². The number of amides is 1. The second kappa shape index (κ2) is 7.77. The first-order valence-corrected chi connectivity index (χ1v) is 12.0. The van der Waals surface area contributed by atoms with Crippen LogP contribution >= 0.6 is 0 Å². The van der Waals surface area contributed by atoms with Crippen LogP contribution in [0.1, 0.15) is 67.5 Å². The maximum Gasteiger partial charge on any atom is 0.230 e. The van der Waals surface area contributed by atoms with Gasteiger partial charge in [0.15, 0.2) is 0 Å². The fourth-order valence-electron chi connectivity index (χ4n) is 5.85. The number of hydrogen-bond donors (Lipinski definition) is 0. The van der Waals surface area contributed by atoms with Crippen molar-refractivity contribution in [2.75, 3.05) is 26.2 Å². The van der Waals surface area contributed by atoms with E-state index >= 15 is 0 Å². The summed E-state index contributed by atoms with van der Waals surface area (Å²) in [5.41, 5.74) is 4.75. The predicted molar refractivity (Wildman–Crippen MR) is 123 cm³/mol. The summed E-state index contributed by atoms with van der Waals surface area (Å²) in [6.07, 6.45) is 7.67. The van der Waals surface area contributed by atoms with Gasteiger partial charge in [-0.2, -0.15) is 0 Å². The van der Waals surface area contributed by atoms with Crippen LogP contribution in [-0.4, -0.2) is 51.4 Å². The van der Waals surface area contributed by atoms with Crippen molar-refractivity contribution in [2.24, 2.45) is 11.3 Å². The van der Waals surface area contributed by atoms with Crippen molar-refractivity contribution in [3.05, 3.63) is 53.1 Å². The summed E-state index contributed by atoms with van der Waals surface area (Å²) in [7, 11) is 0. The molecule has 3 heterocycles. The standard InChI is InChI=1S/C26H36N4O/c1-18(2)30-15-24(27-17-30)23-14-28(12-22-10-19(3)9-20(4)11-22)16-26(23)7-8-29(25(26)31)13-21-5-6-21/h9-11,15,17-18,21,23H,5-8,12-14,16H2,1-4H3/t23-,26+/m0/s1. The zero-order valence-corrected chi connectivity index (χ0v) is 19.5.